The topological polar surface area (TPSA) is 37.0 Å². The smallest absolute Gasteiger partial charge is 0.133 e. The Hall–Kier alpha value is -1.61. The molecule has 0 radical (unpaired) electrons. The van der Waals surface area contributed by atoms with Crippen LogP contribution in [0.1, 0.15) is 13.8 Å². The van der Waals surface area contributed by atoms with Crippen molar-refractivity contribution in [3.05, 3.63) is 36.5 Å². The molecule has 0 saturated carbocycles. The maximum Gasteiger partial charge on any atom is 0.133 e. The van der Waals surface area contributed by atoms with Crippen LogP contribution in [0.15, 0.2) is 36.5 Å². The van der Waals surface area contributed by atoms with Gasteiger partial charge < -0.3 is 10.6 Å². The number of hydrogen-bond acceptors (Lipinski definition) is 3. The summed E-state index contributed by atoms with van der Waals surface area (Å²) < 4.78 is 0. The lowest BCUT2D eigenvalue weighted by molar-refractivity contribution is 0.602. The molecular weight excluding hydrogens is 210 g/mol. The quantitative estimate of drug-likeness (QED) is 0.774. The summed E-state index contributed by atoms with van der Waals surface area (Å²) in [5, 5.41) is 9.15. The lowest BCUT2D eigenvalue weighted by atomic mass is 10.1. The average molecular weight is 229 g/mol. The highest BCUT2D eigenvalue weighted by atomic mass is 15.0. The molecule has 0 atom stereocenters. The van der Waals surface area contributed by atoms with E-state index in [1.54, 1.807) is 0 Å². The van der Waals surface area contributed by atoms with Crippen molar-refractivity contribution >= 4 is 16.6 Å². The normalized spacial score (nSPS) is 11.0. The van der Waals surface area contributed by atoms with E-state index in [0.29, 0.717) is 6.04 Å². The zero-order valence-electron chi connectivity index (χ0n) is 10.4. The highest BCUT2D eigenvalue weighted by molar-refractivity contribution is 5.91. The number of nitrogens with one attached hydrogen (secondary N) is 2. The van der Waals surface area contributed by atoms with Crippen molar-refractivity contribution in [3.63, 3.8) is 0 Å². The van der Waals surface area contributed by atoms with Crippen molar-refractivity contribution in [2.75, 3.05) is 18.4 Å². The summed E-state index contributed by atoms with van der Waals surface area (Å²) in [5.74, 6) is 0.966. The van der Waals surface area contributed by atoms with Crippen LogP contribution in [0.5, 0.6) is 0 Å². The molecular formula is C14H19N3. The molecule has 1 heterocycles. The van der Waals surface area contributed by atoms with E-state index in [4.69, 9.17) is 0 Å². The Morgan fingerprint density at radius 3 is 2.76 bits per heavy atom. The van der Waals surface area contributed by atoms with E-state index in [1.807, 2.05) is 24.4 Å². The number of anilines is 1. The first-order chi connectivity index (χ1) is 8.27. The number of hydrogen-bond donors (Lipinski definition) is 2. The minimum absolute atomic E-state index is 0.525. The van der Waals surface area contributed by atoms with Crippen LogP contribution < -0.4 is 10.6 Å². The number of rotatable bonds is 5. The Labute approximate surface area is 102 Å². The van der Waals surface area contributed by atoms with Crippen molar-refractivity contribution in [3.8, 4) is 0 Å². The van der Waals surface area contributed by atoms with Gasteiger partial charge in [0.2, 0.25) is 0 Å². The summed E-state index contributed by atoms with van der Waals surface area (Å²) >= 11 is 0. The van der Waals surface area contributed by atoms with E-state index in [1.165, 1.54) is 10.8 Å². The van der Waals surface area contributed by atoms with E-state index in [9.17, 15) is 0 Å². The predicted octanol–water partition coefficient (Wildman–Crippen LogP) is 2.64. The highest BCUT2D eigenvalue weighted by Gasteiger charge is 2.00. The van der Waals surface area contributed by atoms with E-state index >= 15 is 0 Å². The molecule has 0 aliphatic carbocycles. The maximum atomic E-state index is 4.38. The van der Waals surface area contributed by atoms with E-state index in [0.717, 1.165) is 18.9 Å². The van der Waals surface area contributed by atoms with Crippen molar-refractivity contribution in [2.45, 2.75) is 19.9 Å². The van der Waals surface area contributed by atoms with Crippen LogP contribution in [0.2, 0.25) is 0 Å². The van der Waals surface area contributed by atoms with Crippen molar-refractivity contribution in [1.82, 2.24) is 10.3 Å². The zero-order chi connectivity index (χ0) is 12.1. The van der Waals surface area contributed by atoms with Crippen LogP contribution in [0.4, 0.5) is 5.82 Å². The maximum absolute atomic E-state index is 4.38. The van der Waals surface area contributed by atoms with Gasteiger partial charge in [0, 0.05) is 30.7 Å². The lowest BCUT2D eigenvalue weighted by Gasteiger charge is -2.11. The first-order valence-electron chi connectivity index (χ1n) is 6.08. The van der Waals surface area contributed by atoms with Gasteiger partial charge in [-0.15, -0.1) is 0 Å². The summed E-state index contributed by atoms with van der Waals surface area (Å²) in [4.78, 5) is 4.38. The zero-order valence-corrected chi connectivity index (χ0v) is 10.4. The molecule has 90 valence electrons. The molecule has 0 amide bonds. The number of pyridine rings is 1. The molecule has 2 rings (SSSR count). The lowest BCUT2D eigenvalue weighted by Crippen LogP contribution is -2.28. The van der Waals surface area contributed by atoms with E-state index in [-0.39, 0.29) is 0 Å². The molecule has 0 saturated heterocycles. The molecule has 2 aromatic rings. The van der Waals surface area contributed by atoms with Gasteiger partial charge in [-0.1, -0.05) is 38.1 Å². The van der Waals surface area contributed by atoms with Gasteiger partial charge in [-0.3, -0.25) is 0 Å². The molecule has 0 unspecified atom stereocenters. The third-order valence-electron chi connectivity index (χ3n) is 2.64. The first-order valence-corrected chi connectivity index (χ1v) is 6.08. The summed E-state index contributed by atoms with van der Waals surface area (Å²) in [6.45, 7) is 6.13. The van der Waals surface area contributed by atoms with Gasteiger partial charge in [0.1, 0.15) is 5.82 Å². The van der Waals surface area contributed by atoms with Gasteiger partial charge in [0.25, 0.3) is 0 Å². The second kappa shape index (κ2) is 5.64. The van der Waals surface area contributed by atoms with Crippen LogP contribution in [-0.2, 0) is 0 Å². The molecule has 0 spiro atoms. The van der Waals surface area contributed by atoms with Gasteiger partial charge in [-0.05, 0) is 11.5 Å². The fourth-order valence-electron chi connectivity index (χ4n) is 1.80. The summed E-state index contributed by atoms with van der Waals surface area (Å²) in [7, 11) is 0. The molecule has 0 fully saturated rings. The molecule has 3 heteroatoms. The summed E-state index contributed by atoms with van der Waals surface area (Å²) in [6, 6.07) is 10.9. The molecule has 17 heavy (non-hydrogen) atoms. The van der Waals surface area contributed by atoms with Crippen molar-refractivity contribution < 1.29 is 0 Å². The molecule has 1 aromatic heterocycles. The highest BCUT2D eigenvalue weighted by Crippen LogP contribution is 2.19. The average Bonchev–Trinajstić information content (AvgIpc) is 2.34. The van der Waals surface area contributed by atoms with Crippen LogP contribution >= 0.6 is 0 Å². The Balaban J connectivity index is 2.03. The Bertz CT molecular complexity index is 474. The second-order valence-corrected chi connectivity index (χ2v) is 4.42. The summed E-state index contributed by atoms with van der Waals surface area (Å²) in [6.07, 6.45) is 1.85. The van der Waals surface area contributed by atoms with E-state index in [2.05, 4.69) is 41.6 Å². The second-order valence-electron chi connectivity index (χ2n) is 4.42. The molecule has 2 N–H and O–H groups in total. The standard InChI is InChI=1S/C14H19N3/c1-11(2)15-9-10-17-14-13-6-4-3-5-12(13)7-8-16-14/h3-8,11,15H,9-10H2,1-2H3,(H,16,17). The van der Waals surface area contributed by atoms with Crippen molar-refractivity contribution in [1.29, 1.82) is 0 Å². The molecule has 3 nitrogen and oxygen atoms in total. The monoisotopic (exact) mass is 229 g/mol. The molecule has 0 bridgehead atoms. The minimum Gasteiger partial charge on any atom is -0.368 e. The number of fused-ring (bicyclic) bond motifs is 1. The minimum atomic E-state index is 0.525. The number of nitrogens with zero attached hydrogens (tertiary/aromatic N) is 1. The Kier molecular flexibility index (Phi) is 3.94. The Morgan fingerprint density at radius 1 is 1.12 bits per heavy atom. The fraction of sp³-hybridized carbons (Fsp3) is 0.357. The number of benzene rings is 1. The molecule has 0 aliphatic rings. The fourth-order valence-corrected chi connectivity index (χ4v) is 1.80. The SMILES string of the molecule is CC(C)NCCNc1nccc2ccccc12. The van der Waals surface area contributed by atoms with Gasteiger partial charge in [0.05, 0.1) is 0 Å². The van der Waals surface area contributed by atoms with Crippen molar-refractivity contribution in [2.24, 2.45) is 0 Å². The van der Waals surface area contributed by atoms with Gasteiger partial charge >= 0.3 is 0 Å². The van der Waals surface area contributed by atoms with Gasteiger partial charge in [0.15, 0.2) is 0 Å². The Morgan fingerprint density at radius 2 is 1.94 bits per heavy atom. The van der Waals surface area contributed by atoms with Gasteiger partial charge in [-0.2, -0.15) is 0 Å². The predicted molar refractivity (Wildman–Crippen MR) is 73.4 cm³/mol. The summed E-state index contributed by atoms with van der Waals surface area (Å²) in [5.41, 5.74) is 0. The van der Waals surface area contributed by atoms with Gasteiger partial charge in [-0.25, -0.2) is 4.98 Å². The van der Waals surface area contributed by atoms with Crippen LogP contribution in [-0.4, -0.2) is 24.1 Å². The molecule has 1 aromatic carbocycles. The largest absolute Gasteiger partial charge is 0.368 e. The van der Waals surface area contributed by atoms with Crippen LogP contribution in [0.3, 0.4) is 0 Å². The third-order valence-corrected chi connectivity index (χ3v) is 2.64. The number of aromatic nitrogens is 1. The molecule has 0 aliphatic heterocycles. The van der Waals surface area contributed by atoms with Crippen LogP contribution in [0.25, 0.3) is 10.8 Å². The van der Waals surface area contributed by atoms with E-state index < -0.39 is 0 Å². The third kappa shape index (κ3) is 3.17. The first kappa shape index (κ1) is 11.9. The van der Waals surface area contributed by atoms with Crippen LogP contribution in [0, 0.1) is 0 Å².